The Morgan fingerprint density at radius 2 is 1.44 bits per heavy atom. The second kappa shape index (κ2) is 10.7. The fourth-order valence-corrected chi connectivity index (χ4v) is 3.68. The Hall–Kier alpha value is -4.14. The van der Waals surface area contributed by atoms with Gasteiger partial charge in [0.2, 0.25) is 0 Å². The summed E-state index contributed by atoms with van der Waals surface area (Å²) in [6, 6.07) is 12.0. The zero-order valence-electron chi connectivity index (χ0n) is 19.1. The fourth-order valence-electron chi connectivity index (χ4n) is 3.68. The number of benzene rings is 2. The SMILES string of the molecule is COC(=O)C1=C(C)NC(C)=C(C(=O)OC)C1c1ccc(OC(=O)COc2ccccc2F)cc1. The second-order valence-corrected chi connectivity index (χ2v) is 7.38. The fraction of sp³-hybridized carbons (Fsp3) is 0.240. The first-order valence-electron chi connectivity index (χ1n) is 10.3. The molecule has 1 aliphatic heterocycles. The predicted octanol–water partition coefficient (Wildman–Crippen LogP) is 3.39. The topological polar surface area (TPSA) is 100 Å². The molecule has 0 atom stereocenters. The quantitative estimate of drug-likeness (QED) is 0.487. The zero-order chi connectivity index (χ0) is 24.8. The maximum Gasteiger partial charge on any atom is 0.349 e. The van der Waals surface area contributed by atoms with E-state index >= 15 is 0 Å². The van der Waals surface area contributed by atoms with Crippen LogP contribution in [0, 0.1) is 5.82 Å². The number of carbonyl (C=O) groups excluding carboxylic acids is 3. The van der Waals surface area contributed by atoms with E-state index in [4.69, 9.17) is 18.9 Å². The van der Waals surface area contributed by atoms with Crippen LogP contribution in [0.2, 0.25) is 0 Å². The second-order valence-electron chi connectivity index (χ2n) is 7.38. The average Bonchev–Trinajstić information content (AvgIpc) is 2.82. The Morgan fingerprint density at radius 3 is 1.97 bits per heavy atom. The maximum absolute atomic E-state index is 13.6. The highest BCUT2D eigenvalue weighted by Crippen LogP contribution is 2.39. The van der Waals surface area contributed by atoms with Crippen LogP contribution in [0.15, 0.2) is 71.1 Å². The van der Waals surface area contributed by atoms with Crippen molar-refractivity contribution in [3.05, 3.63) is 82.5 Å². The minimum Gasteiger partial charge on any atom is -0.479 e. The molecule has 1 aliphatic rings. The summed E-state index contributed by atoms with van der Waals surface area (Å²) >= 11 is 0. The van der Waals surface area contributed by atoms with Crippen molar-refractivity contribution in [2.75, 3.05) is 20.8 Å². The van der Waals surface area contributed by atoms with Crippen molar-refractivity contribution in [1.29, 1.82) is 0 Å². The van der Waals surface area contributed by atoms with Crippen LogP contribution < -0.4 is 14.8 Å². The van der Waals surface area contributed by atoms with E-state index in [-0.39, 0.29) is 22.6 Å². The number of rotatable bonds is 7. The molecule has 0 fully saturated rings. The monoisotopic (exact) mass is 469 g/mol. The van der Waals surface area contributed by atoms with Gasteiger partial charge in [-0.3, -0.25) is 0 Å². The van der Waals surface area contributed by atoms with E-state index in [2.05, 4.69) is 5.32 Å². The number of hydrogen-bond donors (Lipinski definition) is 1. The van der Waals surface area contributed by atoms with Gasteiger partial charge < -0.3 is 24.3 Å². The highest BCUT2D eigenvalue weighted by Gasteiger charge is 2.37. The highest BCUT2D eigenvalue weighted by atomic mass is 19.1. The van der Waals surface area contributed by atoms with E-state index in [0.29, 0.717) is 17.0 Å². The number of methoxy groups -OCH3 is 2. The third kappa shape index (κ3) is 5.25. The standard InChI is InChI=1S/C25H24FNO7/c1-14-21(24(29)31-3)23(22(15(2)27-14)25(30)32-4)16-9-11-17(12-10-16)34-20(28)13-33-19-8-6-5-7-18(19)26/h5-12,23,27H,13H2,1-4H3. The summed E-state index contributed by atoms with van der Waals surface area (Å²) in [5, 5.41) is 3.03. The number of hydrogen-bond acceptors (Lipinski definition) is 8. The summed E-state index contributed by atoms with van der Waals surface area (Å²) in [6.07, 6.45) is 0. The maximum atomic E-state index is 13.6. The van der Waals surface area contributed by atoms with Crippen molar-refractivity contribution in [3.8, 4) is 11.5 Å². The van der Waals surface area contributed by atoms with Gasteiger partial charge in [-0.2, -0.15) is 0 Å². The predicted molar refractivity (Wildman–Crippen MR) is 119 cm³/mol. The minimum atomic E-state index is -0.754. The molecular weight excluding hydrogens is 445 g/mol. The number of ether oxygens (including phenoxy) is 4. The first-order valence-corrected chi connectivity index (χ1v) is 10.3. The van der Waals surface area contributed by atoms with E-state index in [9.17, 15) is 18.8 Å². The summed E-state index contributed by atoms with van der Waals surface area (Å²) < 4.78 is 33.9. The van der Waals surface area contributed by atoms with Crippen molar-refractivity contribution in [2.45, 2.75) is 19.8 Å². The lowest BCUT2D eigenvalue weighted by atomic mass is 9.80. The molecule has 3 rings (SSSR count). The van der Waals surface area contributed by atoms with Gasteiger partial charge in [0.05, 0.1) is 31.3 Å². The van der Waals surface area contributed by atoms with Gasteiger partial charge in [0.1, 0.15) is 5.75 Å². The van der Waals surface area contributed by atoms with E-state index in [1.165, 1.54) is 44.6 Å². The van der Waals surface area contributed by atoms with Crippen molar-refractivity contribution in [2.24, 2.45) is 0 Å². The first-order chi connectivity index (χ1) is 16.3. The van der Waals surface area contributed by atoms with Gasteiger partial charge in [-0.1, -0.05) is 24.3 Å². The van der Waals surface area contributed by atoms with Crippen molar-refractivity contribution >= 4 is 17.9 Å². The lowest BCUT2D eigenvalue weighted by Gasteiger charge is -2.30. The van der Waals surface area contributed by atoms with E-state index in [1.54, 1.807) is 32.0 Å². The van der Waals surface area contributed by atoms with Crippen LogP contribution in [0.5, 0.6) is 11.5 Å². The molecule has 0 saturated heterocycles. The molecule has 1 heterocycles. The molecule has 0 aliphatic carbocycles. The average molecular weight is 469 g/mol. The molecule has 0 aromatic heterocycles. The van der Waals surface area contributed by atoms with E-state index in [0.717, 1.165) is 0 Å². The van der Waals surface area contributed by atoms with Crippen LogP contribution in [-0.4, -0.2) is 38.7 Å². The molecule has 9 heteroatoms. The molecule has 2 aromatic rings. The lowest BCUT2D eigenvalue weighted by Crippen LogP contribution is -2.32. The highest BCUT2D eigenvalue weighted by molar-refractivity contribution is 5.99. The van der Waals surface area contributed by atoms with Gasteiger partial charge in [-0.25, -0.2) is 18.8 Å². The number of para-hydroxylation sites is 1. The third-order valence-corrected chi connectivity index (χ3v) is 5.20. The van der Waals surface area contributed by atoms with Gasteiger partial charge in [0.25, 0.3) is 0 Å². The van der Waals surface area contributed by atoms with Gasteiger partial charge >= 0.3 is 17.9 Å². The number of allylic oxidation sites excluding steroid dienone is 2. The van der Waals surface area contributed by atoms with Crippen LogP contribution in [0.1, 0.15) is 25.3 Å². The number of nitrogens with one attached hydrogen (secondary N) is 1. The first kappa shape index (κ1) is 24.5. The Morgan fingerprint density at radius 1 is 0.882 bits per heavy atom. The molecule has 0 radical (unpaired) electrons. The molecule has 178 valence electrons. The Labute approximate surface area is 196 Å². The molecule has 0 saturated carbocycles. The van der Waals surface area contributed by atoms with Gasteiger partial charge in [-0.15, -0.1) is 0 Å². The van der Waals surface area contributed by atoms with Gasteiger partial charge in [-0.05, 0) is 43.7 Å². The molecule has 0 spiro atoms. The molecule has 0 unspecified atom stereocenters. The van der Waals surface area contributed by atoms with Crippen LogP contribution in [0.3, 0.4) is 0 Å². The molecule has 1 N–H and O–H groups in total. The molecule has 34 heavy (non-hydrogen) atoms. The van der Waals surface area contributed by atoms with Crippen LogP contribution >= 0.6 is 0 Å². The largest absolute Gasteiger partial charge is 0.479 e. The van der Waals surface area contributed by atoms with Crippen LogP contribution in [0.4, 0.5) is 4.39 Å². The number of halogens is 1. The molecule has 2 aromatic carbocycles. The smallest absolute Gasteiger partial charge is 0.349 e. The van der Waals surface area contributed by atoms with Gasteiger partial charge in [0.15, 0.2) is 18.2 Å². The number of dihydropyridines is 1. The lowest BCUT2D eigenvalue weighted by molar-refractivity contribution is -0.138. The van der Waals surface area contributed by atoms with Gasteiger partial charge in [0, 0.05) is 11.4 Å². The third-order valence-electron chi connectivity index (χ3n) is 5.20. The van der Waals surface area contributed by atoms with Crippen molar-refractivity contribution in [1.82, 2.24) is 5.32 Å². The van der Waals surface area contributed by atoms with Crippen LogP contribution in [0.25, 0.3) is 0 Å². The molecule has 8 nitrogen and oxygen atoms in total. The Kier molecular flexibility index (Phi) is 7.68. The molecule has 0 bridgehead atoms. The summed E-state index contributed by atoms with van der Waals surface area (Å²) in [7, 11) is 2.52. The van der Waals surface area contributed by atoms with Crippen molar-refractivity contribution in [3.63, 3.8) is 0 Å². The number of esters is 3. The summed E-state index contributed by atoms with van der Waals surface area (Å²) in [6.45, 7) is 2.94. The summed E-state index contributed by atoms with van der Waals surface area (Å²) in [5.74, 6) is -3.10. The van der Waals surface area contributed by atoms with E-state index < -0.39 is 36.2 Å². The molecular formula is C25H24FNO7. The van der Waals surface area contributed by atoms with Crippen LogP contribution in [-0.2, 0) is 23.9 Å². The summed E-state index contributed by atoms with van der Waals surface area (Å²) in [5.41, 5.74) is 2.20. The zero-order valence-corrected chi connectivity index (χ0v) is 19.1. The van der Waals surface area contributed by atoms with Crippen molar-refractivity contribution < 1.29 is 37.7 Å². The summed E-state index contributed by atoms with van der Waals surface area (Å²) in [4.78, 5) is 37.2. The number of carbonyl (C=O) groups is 3. The Bertz CT molecular complexity index is 1130. The normalized spacial score (nSPS) is 13.8. The minimum absolute atomic E-state index is 0.0595. The Balaban J connectivity index is 1.82. The van der Waals surface area contributed by atoms with E-state index in [1.807, 2.05) is 0 Å². The molecule has 0 amide bonds.